The van der Waals surface area contributed by atoms with E-state index in [-0.39, 0.29) is 5.91 Å². The number of fused-ring (bicyclic) bond motifs is 3. The Labute approximate surface area is 158 Å². The van der Waals surface area contributed by atoms with Gasteiger partial charge in [0.25, 0.3) is 0 Å². The van der Waals surface area contributed by atoms with Crippen LogP contribution in [0, 0.1) is 17.8 Å². The number of carbonyl (C=O) groups excluding carboxylic acids is 1. The molecule has 1 amide bonds. The van der Waals surface area contributed by atoms with Gasteiger partial charge in [0, 0.05) is 24.7 Å². The third-order valence-corrected chi connectivity index (χ3v) is 7.81. The Bertz CT molecular complexity index is 511. The summed E-state index contributed by atoms with van der Waals surface area (Å²) in [4.78, 5) is 17.4. The van der Waals surface area contributed by atoms with Crippen molar-refractivity contribution in [2.75, 3.05) is 33.8 Å². The molecule has 1 aliphatic heterocycles. The third kappa shape index (κ3) is 3.81. The van der Waals surface area contributed by atoms with Crippen molar-refractivity contribution >= 4 is 5.91 Å². The van der Waals surface area contributed by atoms with Crippen LogP contribution in [-0.2, 0) is 9.53 Å². The van der Waals surface area contributed by atoms with E-state index in [9.17, 15) is 4.79 Å². The molecule has 5 heteroatoms. The summed E-state index contributed by atoms with van der Waals surface area (Å²) in [5, 5.41) is 3.35. The minimum Gasteiger partial charge on any atom is -0.375 e. The lowest BCUT2D eigenvalue weighted by Gasteiger charge is -2.46. The van der Waals surface area contributed by atoms with Crippen LogP contribution in [0.25, 0.3) is 0 Å². The molecular weight excluding hydrogens is 326 g/mol. The lowest BCUT2D eigenvalue weighted by atomic mass is 9.84. The van der Waals surface area contributed by atoms with E-state index < -0.39 is 0 Å². The van der Waals surface area contributed by atoms with Crippen molar-refractivity contribution < 1.29 is 9.53 Å². The molecule has 1 heterocycles. The summed E-state index contributed by atoms with van der Waals surface area (Å²) in [7, 11) is 4.33. The first-order chi connectivity index (χ1) is 12.5. The maximum absolute atomic E-state index is 12.7. The van der Waals surface area contributed by atoms with Gasteiger partial charge in [-0.2, -0.15) is 0 Å². The minimum atomic E-state index is 0.218. The number of ether oxygens (including phenoxy) is 1. The van der Waals surface area contributed by atoms with E-state index >= 15 is 0 Å². The predicted octanol–water partition coefficient (Wildman–Crippen LogP) is 2.11. The van der Waals surface area contributed by atoms with E-state index in [0.717, 1.165) is 37.8 Å². The smallest absolute Gasteiger partial charge is 0.234 e. The van der Waals surface area contributed by atoms with Crippen LogP contribution >= 0.6 is 0 Å². The van der Waals surface area contributed by atoms with Crippen LogP contribution in [0.4, 0.5) is 0 Å². The number of hydrogen-bond donors (Lipinski definition) is 1. The first-order valence-electron chi connectivity index (χ1n) is 10.8. The van der Waals surface area contributed by atoms with Crippen molar-refractivity contribution in [2.45, 2.75) is 76.1 Å². The maximum atomic E-state index is 12.7. The second-order valence-corrected chi connectivity index (χ2v) is 9.57. The lowest BCUT2D eigenvalue weighted by molar-refractivity contribution is -0.132. The molecule has 4 fully saturated rings. The van der Waals surface area contributed by atoms with Crippen molar-refractivity contribution in [3.8, 4) is 0 Å². The largest absolute Gasteiger partial charge is 0.375 e. The van der Waals surface area contributed by atoms with Crippen LogP contribution < -0.4 is 5.32 Å². The molecule has 3 saturated carbocycles. The van der Waals surface area contributed by atoms with Crippen molar-refractivity contribution in [1.29, 1.82) is 0 Å². The van der Waals surface area contributed by atoms with Gasteiger partial charge in [-0.3, -0.25) is 9.69 Å². The van der Waals surface area contributed by atoms with Crippen LogP contribution in [0.2, 0.25) is 0 Å². The molecule has 0 radical (unpaired) electrons. The van der Waals surface area contributed by atoms with Crippen molar-refractivity contribution in [1.82, 2.24) is 15.1 Å². The second kappa shape index (κ2) is 7.76. The summed E-state index contributed by atoms with van der Waals surface area (Å²) in [6, 6.07) is 1.37. The number of morpholine rings is 1. The van der Waals surface area contributed by atoms with E-state index in [1.54, 1.807) is 0 Å². The Morgan fingerprint density at radius 2 is 2.04 bits per heavy atom. The van der Waals surface area contributed by atoms with Crippen LogP contribution in [0.3, 0.4) is 0 Å². The number of hydrogen-bond acceptors (Lipinski definition) is 4. The zero-order chi connectivity index (χ0) is 18.3. The maximum Gasteiger partial charge on any atom is 0.234 e. The normalized spacial score (nSPS) is 41.2. The SMILES string of the molecule is C[C@H](NC(=O)CN1CCO[C@@H]2C[C@H](N(C)C)CC[C@H]21)[C@@H]1C[C@H]2CC[C@H]1C2. The molecule has 0 aromatic heterocycles. The monoisotopic (exact) mass is 363 g/mol. The molecule has 26 heavy (non-hydrogen) atoms. The highest BCUT2D eigenvalue weighted by Crippen LogP contribution is 2.49. The summed E-state index contributed by atoms with van der Waals surface area (Å²) in [6.45, 7) is 4.43. The Morgan fingerprint density at radius 3 is 2.73 bits per heavy atom. The van der Waals surface area contributed by atoms with Crippen LogP contribution in [0.15, 0.2) is 0 Å². The fourth-order valence-electron chi connectivity index (χ4n) is 6.34. The highest BCUT2D eigenvalue weighted by atomic mass is 16.5. The Hall–Kier alpha value is -0.650. The third-order valence-electron chi connectivity index (χ3n) is 7.81. The minimum absolute atomic E-state index is 0.218. The van der Waals surface area contributed by atoms with Crippen molar-refractivity contribution in [2.24, 2.45) is 17.8 Å². The number of rotatable bonds is 5. The molecule has 148 valence electrons. The zero-order valence-electron chi connectivity index (χ0n) is 16.8. The van der Waals surface area contributed by atoms with Crippen LogP contribution in [-0.4, -0.2) is 73.7 Å². The van der Waals surface area contributed by atoms with E-state index in [0.29, 0.717) is 36.7 Å². The van der Waals surface area contributed by atoms with Crippen molar-refractivity contribution in [3.63, 3.8) is 0 Å². The van der Waals surface area contributed by atoms with Gasteiger partial charge in [-0.25, -0.2) is 0 Å². The van der Waals surface area contributed by atoms with Gasteiger partial charge in [0.1, 0.15) is 0 Å². The van der Waals surface area contributed by atoms with E-state index in [1.165, 1.54) is 32.1 Å². The number of carbonyl (C=O) groups is 1. The topological polar surface area (TPSA) is 44.8 Å². The summed E-state index contributed by atoms with van der Waals surface area (Å²) >= 11 is 0. The highest BCUT2D eigenvalue weighted by Gasteiger charge is 2.43. The predicted molar refractivity (Wildman–Crippen MR) is 103 cm³/mol. The van der Waals surface area contributed by atoms with E-state index in [4.69, 9.17) is 4.74 Å². The van der Waals surface area contributed by atoms with Gasteiger partial charge in [0.15, 0.2) is 0 Å². The fraction of sp³-hybridized carbons (Fsp3) is 0.952. The average molecular weight is 364 g/mol. The van der Waals surface area contributed by atoms with Gasteiger partial charge >= 0.3 is 0 Å². The standard InChI is InChI=1S/C21H37N3O2/c1-14(18-11-15-4-5-16(18)10-15)22-21(25)13-24-8-9-26-20-12-17(23(2)3)6-7-19(20)24/h14-20H,4-13H2,1-3H3,(H,22,25)/t14-,15-,16-,17+,18-,19+,20+/m0/s1. The number of amides is 1. The van der Waals surface area contributed by atoms with Crippen LogP contribution in [0.5, 0.6) is 0 Å². The lowest BCUT2D eigenvalue weighted by Crippen LogP contribution is -2.58. The fourth-order valence-corrected chi connectivity index (χ4v) is 6.34. The van der Waals surface area contributed by atoms with Gasteiger partial charge < -0.3 is 15.0 Å². The summed E-state index contributed by atoms with van der Waals surface area (Å²) in [6.07, 6.45) is 9.28. The number of nitrogens with one attached hydrogen (secondary N) is 1. The summed E-state index contributed by atoms with van der Waals surface area (Å²) < 4.78 is 6.07. The molecule has 0 spiro atoms. The molecule has 2 bridgehead atoms. The van der Waals surface area contributed by atoms with Gasteiger partial charge in [-0.15, -0.1) is 0 Å². The molecule has 0 aromatic carbocycles. The van der Waals surface area contributed by atoms with Gasteiger partial charge in [0.2, 0.25) is 5.91 Å². The molecular formula is C21H37N3O2. The van der Waals surface area contributed by atoms with E-state index in [1.807, 2.05) is 0 Å². The second-order valence-electron chi connectivity index (χ2n) is 9.57. The van der Waals surface area contributed by atoms with Gasteiger partial charge in [-0.1, -0.05) is 6.42 Å². The van der Waals surface area contributed by atoms with Crippen LogP contribution in [0.1, 0.15) is 51.9 Å². The Morgan fingerprint density at radius 1 is 1.19 bits per heavy atom. The molecule has 0 unspecified atom stereocenters. The van der Waals surface area contributed by atoms with Gasteiger partial charge in [0.05, 0.1) is 19.3 Å². The summed E-state index contributed by atoms with van der Waals surface area (Å²) in [5.41, 5.74) is 0. The number of nitrogens with zero attached hydrogens (tertiary/aromatic N) is 2. The van der Waals surface area contributed by atoms with Gasteiger partial charge in [-0.05, 0) is 77.3 Å². The molecule has 4 rings (SSSR count). The molecule has 3 aliphatic carbocycles. The quantitative estimate of drug-likeness (QED) is 0.813. The van der Waals surface area contributed by atoms with E-state index in [2.05, 4.69) is 36.1 Å². The molecule has 4 aliphatic rings. The molecule has 7 atom stereocenters. The molecule has 1 saturated heterocycles. The molecule has 0 aromatic rings. The highest BCUT2D eigenvalue weighted by molar-refractivity contribution is 5.78. The first kappa shape index (κ1) is 18.7. The molecule has 1 N–H and O–H groups in total. The zero-order valence-corrected chi connectivity index (χ0v) is 16.8. The Kier molecular flexibility index (Phi) is 5.58. The average Bonchev–Trinajstić information content (AvgIpc) is 3.24. The van der Waals surface area contributed by atoms with Crippen molar-refractivity contribution in [3.05, 3.63) is 0 Å². The Balaban J connectivity index is 1.28. The molecule has 5 nitrogen and oxygen atoms in total. The first-order valence-corrected chi connectivity index (χ1v) is 10.8. The summed E-state index contributed by atoms with van der Waals surface area (Å²) in [5.74, 6) is 2.74.